The fraction of sp³-hybridized carbons (Fsp3) is 0.933. The van der Waals surface area contributed by atoms with Crippen molar-refractivity contribution in [3.8, 4) is 0 Å². The van der Waals surface area contributed by atoms with Crippen molar-refractivity contribution in [2.24, 2.45) is 4.99 Å². The molecule has 124 valence electrons. The molecule has 0 radical (unpaired) electrons. The van der Waals surface area contributed by atoms with Gasteiger partial charge in [-0.3, -0.25) is 4.99 Å². The Morgan fingerprint density at radius 1 is 1.00 bits per heavy atom. The van der Waals surface area contributed by atoms with E-state index >= 15 is 0 Å². The Kier molecular flexibility index (Phi) is 7.87. The van der Waals surface area contributed by atoms with Gasteiger partial charge in [0, 0.05) is 37.4 Å². The van der Waals surface area contributed by atoms with Crippen molar-refractivity contribution in [1.82, 2.24) is 4.90 Å². The van der Waals surface area contributed by atoms with E-state index < -0.39 is 8.80 Å². The molecule has 0 aliphatic carbocycles. The second kappa shape index (κ2) is 8.88. The maximum atomic E-state index is 6.17. The van der Waals surface area contributed by atoms with Crippen molar-refractivity contribution in [3.63, 3.8) is 0 Å². The first-order chi connectivity index (χ1) is 9.83. The summed E-state index contributed by atoms with van der Waals surface area (Å²) in [6, 6.07) is 0.853. The lowest BCUT2D eigenvalue weighted by atomic mass is 10.4. The Morgan fingerprint density at radius 3 is 1.90 bits per heavy atom. The molecule has 5 nitrogen and oxygen atoms in total. The molecular weight excluding hydrogens is 284 g/mol. The van der Waals surface area contributed by atoms with Gasteiger partial charge in [-0.2, -0.15) is 0 Å². The van der Waals surface area contributed by atoms with Gasteiger partial charge in [-0.25, -0.2) is 0 Å². The Labute approximate surface area is 131 Å². The molecule has 1 heterocycles. The Balaban J connectivity index is 2.63. The van der Waals surface area contributed by atoms with Crippen LogP contribution in [0.5, 0.6) is 0 Å². The lowest BCUT2D eigenvalue weighted by Crippen LogP contribution is -2.51. The number of nitrogens with zero attached hydrogens (tertiary/aromatic N) is 2. The highest BCUT2D eigenvalue weighted by Crippen LogP contribution is 2.24. The van der Waals surface area contributed by atoms with Gasteiger partial charge in [-0.05, 0) is 48.0 Å². The van der Waals surface area contributed by atoms with Crippen molar-refractivity contribution in [3.05, 3.63) is 0 Å². The van der Waals surface area contributed by atoms with Crippen LogP contribution in [-0.4, -0.2) is 58.0 Å². The zero-order chi connectivity index (χ0) is 15.9. The summed E-state index contributed by atoms with van der Waals surface area (Å²) in [7, 11) is -2.63. The van der Waals surface area contributed by atoms with Crippen LogP contribution in [0.15, 0.2) is 4.99 Å². The van der Waals surface area contributed by atoms with Crippen LogP contribution in [-0.2, 0) is 13.3 Å². The molecule has 0 N–H and O–H groups in total. The zero-order valence-corrected chi connectivity index (χ0v) is 15.5. The fourth-order valence-corrected chi connectivity index (χ4v) is 5.69. The molecule has 0 fully saturated rings. The van der Waals surface area contributed by atoms with Gasteiger partial charge in [-0.1, -0.05) is 0 Å². The molecular formula is C15H32N2O3Si. The predicted octanol–water partition coefficient (Wildman–Crippen LogP) is 2.93. The van der Waals surface area contributed by atoms with Crippen LogP contribution in [0, 0.1) is 0 Å². The molecule has 1 aliphatic heterocycles. The topological polar surface area (TPSA) is 43.3 Å². The van der Waals surface area contributed by atoms with Gasteiger partial charge in [0.05, 0.1) is 12.9 Å². The molecule has 0 bridgehead atoms. The summed E-state index contributed by atoms with van der Waals surface area (Å²) in [4.78, 5) is 6.49. The average Bonchev–Trinajstić information content (AvgIpc) is 2.78. The molecule has 21 heavy (non-hydrogen) atoms. The minimum absolute atomic E-state index is 0.113. The highest BCUT2D eigenvalue weighted by molar-refractivity contribution is 6.60. The van der Waals surface area contributed by atoms with Gasteiger partial charge in [0.2, 0.25) is 0 Å². The van der Waals surface area contributed by atoms with Crippen molar-refractivity contribution >= 4 is 15.1 Å². The lowest BCUT2D eigenvalue weighted by molar-refractivity contribution is 0.00271. The monoisotopic (exact) mass is 316 g/mol. The van der Waals surface area contributed by atoms with Gasteiger partial charge in [0.15, 0.2) is 0 Å². The van der Waals surface area contributed by atoms with Crippen LogP contribution in [0.4, 0.5) is 0 Å². The van der Waals surface area contributed by atoms with E-state index in [0.29, 0.717) is 0 Å². The normalized spacial score (nSPS) is 16.0. The SMILES string of the molecule is CC(C)O[Si](CCCN1C=NCC1)(OC(C)C)OC(C)C. The minimum Gasteiger partial charge on any atom is -0.371 e. The molecule has 1 aliphatic rings. The Bertz CT molecular complexity index is 296. The molecule has 0 atom stereocenters. The molecule has 0 aromatic rings. The summed E-state index contributed by atoms with van der Waals surface area (Å²) >= 11 is 0. The number of hydrogen-bond donors (Lipinski definition) is 0. The van der Waals surface area contributed by atoms with Crippen molar-refractivity contribution < 1.29 is 13.3 Å². The fourth-order valence-electron chi connectivity index (χ4n) is 2.42. The average molecular weight is 317 g/mol. The van der Waals surface area contributed by atoms with Crippen LogP contribution < -0.4 is 0 Å². The molecule has 0 aromatic carbocycles. The van der Waals surface area contributed by atoms with E-state index in [-0.39, 0.29) is 18.3 Å². The summed E-state index contributed by atoms with van der Waals surface area (Å²) in [5.74, 6) is 0. The smallest absolute Gasteiger partial charge is 0.371 e. The summed E-state index contributed by atoms with van der Waals surface area (Å²) < 4.78 is 18.5. The maximum Gasteiger partial charge on any atom is 0.501 e. The maximum absolute atomic E-state index is 6.17. The first-order valence-corrected chi connectivity index (χ1v) is 10.0. The lowest BCUT2D eigenvalue weighted by Gasteiger charge is -2.34. The first kappa shape index (κ1) is 18.6. The highest BCUT2D eigenvalue weighted by atomic mass is 28.4. The van der Waals surface area contributed by atoms with Gasteiger partial charge in [0.1, 0.15) is 0 Å². The van der Waals surface area contributed by atoms with E-state index in [1.165, 1.54) is 0 Å². The molecule has 0 aromatic heterocycles. The van der Waals surface area contributed by atoms with E-state index in [0.717, 1.165) is 32.1 Å². The number of aliphatic imine (C=N–C) groups is 1. The van der Waals surface area contributed by atoms with Crippen LogP contribution in [0.2, 0.25) is 6.04 Å². The molecule has 0 amide bonds. The van der Waals surface area contributed by atoms with Crippen LogP contribution in [0.1, 0.15) is 48.0 Å². The van der Waals surface area contributed by atoms with Crippen LogP contribution in [0.3, 0.4) is 0 Å². The molecule has 1 rings (SSSR count). The third-order valence-electron chi connectivity index (χ3n) is 2.94. The number of rotatable bonds is 10. The van der Waals surface area contributed by atoms with E-state index in [4.69, 9.17) is 13.3 Å². The second-order valence-electron chi connectivity index (χ2n) is 6.34. The minimum atomic E-state index is -2.63. The van der Waals surface area contributed by atoms with E-state index in [2.05, 4.69) is 9.89 Å². The third-order valence-corrected chi connectivity index (χ3v) is 6.39. The van der Waals surface area contributed by atoms with Crippen molar-refractivity contribution in [2.45, 2.75) is 72.3 Å². The molecule has 0 spiro atoms. The largest absolute Gasteiger partial charge is 0.501 e. The van der Waals surface area contributed by atoms with Gasteiger partial charge in [0.25, 0.3) is 0 Å². The summed E-state index contributed by atoms with van der Waals surface area (Å²) in [5, 5.41) is 0. The summed E-state index contributed by atoms with van der Waals surface area (Å²) in [6.45, 7) is 15.2. The molecule has 0 unspecified atom stereocenters. The predicted molar refractivity (Wildman–Crippen MR) is 88.8 cm³/mol. The van der Waals surface area contributed by atoms with Gasteiger partial charge >= 0.3 is 8.80 Å². The van der Waals surface area contributed by atoms with Crippen LogP contribution in [0.25, 0.3) is 0 Å². The van der Waals surface area contributed by atoms with Gasteiger partial charge < -0.3 is 18.2 Å². The molecule has 0 saturated heterocycles. The summed E-state index contributed by atoms with van der Waals surface area (Å²) in [6.07, 6.45) is 3.29. The highest BCUT2D eigenvalue weighted by Gasteiger charge is 2.43. The Morgan fingerprint density at radius 2 is 1.52 bits per heavy atom. The molecule has 0 saturated carbocycles. The standard InChI is InChI=1S/C15H32N2O3Si/c1-13(2)18-21(19-14(3)4,20-15(5)6)11-7-9-17-10-8-16-12-17/h12-15H,7-11H2,1-6H3. The number of hydrogen-bond acceptors (Lipinski definition) is 5. The summed E-state index contributed by atoms with van der Waals surface area (Å²) in [5.41, 5.74) is 0. The second-order valence-corrected chi connectivity index (χ2v) is 8.92. The van der Waals surface area contributed by atoms with Crippen molar-refractivity contribution in [1.29, 1.82) is 0 Å². The third kappa shape index (κ3) is 7.40. The van der Waals surface area contributed by atoms with E-state index in [1.807, 2.05) is 47.9 Å². The first-order valence-electron chi connectivity index (χ1n) is 8.10. The van der Waals surface area contributed by atoms with Crippen LogP contribution >= 0.6 is 0 Å². The van der Waals surface area contributed by atoms with E-state index in [9.17, 15) is 0 Å². The van der Waals surface area contributed by atoms with Gasteiger partial charge in [-0.15, -0.1) is 0 Å². The van der Waals surface area contributed by atoms with Crippen molar-refractivity contribution in [2.75, 3.05) is 19.6 Å². The zero-order valence-electron chi connectivity index (χ0n) is 14.5. The Hall–Kier alpha value is -0.433. The van der Waals surface area contributed by atoms with E-state index in [1.54, 1.807) is 0 Å². The molecule has 6 heteroatoms. The quantitative estimate of drug-likeness (QED) is 0.581.